The third kappa shape index (κ3) is 3.05. The summed E-state index contributed by atoms with van der Waals surface area (Å²) in [6.07, 6.45) is 1.03. The van der Waals surface area contributed by atoms with Crippen LogP contribution >= 0.6 is 0 Å². The summed E-state index contributed by atoms with van der Waals surface area (Å²) < 4.78 is 18.2. The molecule has 0 saturated carbocycles. The number of benzene rings is 1. The van der Waals surface area contributed by atoms with Gasteiger partial charge in [0.05, 0.1) is 7.11 Å². The largest absolute Gasteiger partial charge is 0.496 e. The summed E-state index contributed by atoms with van der Waals surface area (Å²) >= 11 is 0. The molecule has 0 aromatic heterocycles. The van der Waals surface area contributed by atoms with E-state index in [9.17, 15) is 9.18 Å². The molecule has 0 radical (unpaired) electrons. The van der Waals surface area contributed by atoms with Gasteiger partial charge in [0, 0.05) is 12.3 Å². The molecule has 1 atom stereocenters. The number of ketones is 1. The maximum Gasteiger partial charge on any atom is 0.135 e. The molecule has 0 bridgehead atoms. The number of carbonyl (C=O) groups excluding carboxylic acids is 1. The molecule has 0 heterocycles. The Kier molecular flexibility index (Phi) is 4.47. The molecule has 0 saturated heterocycles. The van der Waals surface area contributed by atoms with Crippen molar-refractivity contribution in [3.8, 4) is 5.75 Å². The van der Waals surface area contributed by atoms with Gasteiger partial charge in [-0.2, -0.15) is 0 Å². The van der Waals surface area contributed by atoms with E-state index < -0.39 is 0 Å². The Bertz CT molecular complexity index is 374. The maximum atomic E-state index is 13.1. The van der Waals surface area contributed by atoms with E-state index in [2.05, 4.69) is 0 Å². The molecule has 3 heteroatoms. The van der Waals surface area contributed by atoms with Crippen LogP contribution in [0.1, 0.15) is 25.8 Å². The summed E-state index contributed by atoms with van der Waals surface area (Å²) in [5, 5.41) is 0. The second kappa shape index (κ2) is 5.64. The topological polar surface area (TPSA) is 26.3 Å². The lowest BCUT2D eigenvalue weighted by Gasteiger charge is -2.12. The van der Waals surface area contributed by atoms with Gasteiger partial charge in [-0.25, -0.2) is 4.39 Å². The number of carbonyl (C=O) groups is 1. The van der Waals surface area contributed by atoms with E-state index in [1.807, 2.05) is 13.8 Å². The van der Waals surface area contributed by atoms with E-state index in [4.69, 9.17) is 4.74 Å². The van der Waals surface area contributed by atoms with Crippen molar-refractivity contribution in [2.45, 2.75) is 26.7 Å². The van der Waals surface area contributed by atoms with Gasteiger partial charge >= 0.3 is 0 Å². The molecule has 1 aromatic rings. The van der Waals surface area contributed by atoms with Gasteiger partial charge in [0.25, 0.3) is 0 Å². The van der Waals surface area contributed by atoms with Crippen molar-refractivity contribution in [1.82, 2.24) is 0 Å². The number of halogens is 1. The van der Waals surface area contributed by atoms with Crippen LogP contribution in [0.3, 0.4) is 0 Å². The lowest BCUT2D eigenvalue weighted by atomic mass is 9.95. The SMILES string of the molecule is CCC(=O)C(C)Cc1cc(F)ccc1OC. The smallest absolute Gasteiger partial charge is 0.135 e. The molecule has 2 nitrogen and oxygen atoms in total. The number of ether oxygens (including phenoxy) is 1. The fourth-order valence-electron chi connectivity index (χ4n) is 1.70. The summed E-state index contributed by atoms with van der Waals surface area (Å²) in [7, 11) is 1.54. The molecular weight excluding hydrogens is 207 g/mol. The zero-order chi connectivity index (χ0) is 12.1. The summed E-state index contributed by atoms with van der Waals surface area (Å²) in [4.78, 5) is 11.5. The monoisotopic (exact) mass is 224 g/mol. The van der Waals surface area contributed by atoms with Gasteiger partial charge < -0.3 is 4.74 Å². The molecule has 0 N–H and O–H groups in total. The van der Waals surface area contributed by atoms with E-state index in [0.29, 0.717) is 18.6 Å². The normalized spacial score (nSPS) is 12.2. The highest BCUT2D eigenvalue weighted by atomic mass is 19.1. The summed E-state index contributed by atoms with van der Waals surface area (Å²) in [6, 6.07) is 4.38. The molecule has 0 amide bonds. The van der Waals surface area contributed by atoms with Gasteiger partial charge in [0.2, 0.25) is 0 Å². The molecule has 88 valence electrons. The minimum atomic E-state index is -0.299. The van der Waals surface area contributed by atoms with Gasteiger partial charge in [-0.15, -0.1) is 0 Å². The van der Waals surface area contributed by atoms with Crippen molar-refractivity contribution < 1.29 is 13.9 Å². The quantitative estimate of drug-likeness (QED) is 0.768. The predicted octanol–water partition coefficient (Wildman–Crippen LogP) is 2.99. The summed E-state index contributed by atoms with van der Waals surface area (Å²) in [5.74, 6) is 0.427. The first-order valence-electron chi connectivity index (χ1n) is 5.43. The summed E-state index contributed by atoms with van der Waals surface area (Å²) in [6.45, 7) is 3.69. The number of hydrogen-bond acceptors (Lipinski definition) is 2. The molecule has 0 spiro atoms. The first-order valence-corrected chi connectivity index (χ1v) is 5.43. The lowest BCUT2D eigenvalue weighted by Crippen LogP contribution is -2.13. The highest BCUT2D eigenvalue weighted by molar-refractivity contribution is 5.80. The first-order chi connectivity index (χ1) is 7.58. The minimum Gasteiger partial charge on any atom is -0.496 e. The molecule has 0 fully saturated rings. The van der Waals surface area contributed by atoms with Crippen LogP contribution in [0.5, 0.6) is 5.75 Å². The highest BCUT2D eigenvalue weighted by Crippen LogP contribution is 2.23. The number of rotatable bonds is 5. The van der Waals surface area contributed by atoms with Crippen molar-refractivity contribution in [3.05, 3.63) is 29.6 Å². The zero-order valence-electron chi connectivity index (χ0n) is 9.92. The van der Waals surface area contributed by atoms with Crippen molar-refractivity contribution in [3.63, 3.8) is 0 Å². The van der Waals surface area contributed by atoms with Crippen molar-refractivity contribution in [2.75, 3.05) is 7.11 Å². The van der Waals surface area contributed by atoms with Crippen LogP contribution in [0.15, 0.2) is 18.2 Å². The van der Waals surface area contributed by atoms with Crippen LogP contribution in [0.25, 0.3) is 0 Å². The van der Waals surface area contributed by atoms with Crippen molar-refractivity contribution in [2.24, 2.45) is 5.92 Å². The van der Waals surface area contributed by atoms with E-state index in [1.165, 1.54) is 12.1 Å². The maximum absolute atomic E-state index is 13.1. The van der Waals surface area contributed by atoms with Crippen LogP contribution in [0.4, 0.5) is 4.39 Å². The molecule has 1 aromatic carbocycles. The molecular formula is C13H17FO2. The van der Waals surface area contributed by atoms with E-state index in [0.717, 1.165) is 5.56 Å². The Morgan fingerprint density at radius 3 is 2.75 bits per heavy atom. The molecule has 0 aliphatic rings. The Hall–Kier alpha value is -1.38. The fourth-order valence-corrected chi connectivity index (χ4v) is 1.70. The minimum absolute atomic E-state index is 0.0966. The number of hydrogen-bond donors (Lipinski definition) is 0. The molecule has 0 aliphatic carbocycles. The first kappa shape index (κ1) is 12.7. The van der Waals surface area contributed by atoms with Gasteiger partial charge in [0.15, 0.2) is 0 Å². The van der Waals surface area contributed by atoms with E-state index in [1.54, 1.807) is 13.2 Å². The van der Waals surface area contributed by atoms with Crippen LogP contribution in [0, 0.1) is 11.7 Å². The second-order valence-electron chi connectivity index (χ2n) is 3.88. The Morgan fingerprint density at radius 2 is 2.19 bits per heavy atom. The van der Waals surface area contributed by atoms with E-state index in [-0.39, 0.29) is 17.5 Å². The third-order valence-electron chi connectivity index (χ3n) is 2.67. The highest BCUT2D eigenvalue weighted by Gasteiger charge is 2.14. The lowest BCUT2D eigenvalue weighted by molar-refractivity contribution is -0.122. The molecule has 1 unspecified atom stereocenters. The summed E-state index contributed by atoms with van der Waals surface area (Å²) in [5.41, 5.74) is 0.747. The van der Waals surface area contributed by atoms with Crippen LogP contribution in [-0.2, 0) is 11.2 Å². The molecule has 1 rings (SSSR count). The zero-order valence-corrected chi connectivity index (χ0v) is 9.92. The van der Waals surface area contributed by atoms with Gasteiger partial charge in [0.1, 0.15) is 17.3 Å². The third-order valence-corrected chi connectivity index (χ3v) is 2.67. The van der Waals surface area contributed by atoms with Crippen LogP contribution in [0.2, 0.25) is 0 Å². The second-order valence-corrected chi connectivity index (χ2v) is 3.88. The van der Waals surface area contributed by atoms with Gasteiger partial charge in [-0.05, 0) is 30.2 Å². The van der Waals surface area contributed by atoms with E-state index >= 15 is 0 Å². The predicted molar refractivity (Wildman–Crippen MR) is 61.1 cm³/mol. The van der Waals surface area contributed by atoms with Gasteiger partial charge in [-0.1, -0.05) is 13.8 Å². The van der Waals surface area contributed by atoms with Crippen molar-refractivity contribution >= 4 is 5.78 Å². The average Bonchev–Trinajstić information content (AvgIpc) is 2.28. The van der Waals surface area contributed by atoms with Gasteiger partial charge in [-0.3, -0.25) is 4.79 Å². The number of methoxy groups -OCH3 is 1. The molecule has 16 heavy (non-hydrogen) atoms. The van der Waals surface area contributed by atoms with Crippen molar-refractivity contribution in [1.29, 1.82) is 0 Å². The number of Topliss-reactive ketones (excluding diaryl/α,β-unsaturated/α-hetero) is 1. The standard InChI is InChI=1S/C13H17FO2/c1-4-12(15)9(2)7-10-8-11(14)5-6-13(10)16-3/h5-6,8-9H,4,7H2,1-3H3. The van der Waals surface area contributed by atoms with Crippen LogP contribution < -0.4 is 4.74 Å². The Balaban J connectivity index is 2.86. The fraction of sp³-hybridized carbons (Fsp3) is 0.462. The Morgan fingerprint density at radius 1 is 1.50 bits per heavy atom. The Labute approximate surface area is 95.4 Å². The average molecular weight is 224 g/mol. The molecule has 0 aliphatic heterocycles. The van der Waals surface area contributed by atoms with Crippen LogP contribution in [-0.4, -0.2) is 12.9 Å².